The lowest BCUT2D eigenvalue weighted by atomic mass is 10.2. The molecule has 3 rings (SSSR count). The van der Waals surface area contributed by atoms with Gasteiger partial charge in [0.05, 0.1) is 10.7 Å². The van der Waals surface area contributed by atoms with Gasteiger partial charge in [0.1, 0.15) is 0 Å². The van der Waals surface area contributed by atoms with Gasteiger partial charge < -0.3 is 4.98 Å². The van der Waals surface area contributed by atoms with Crippen LogP contribution in [0.5, 0.6) is 0 Å². The van der Waals surface area contributed by atoms with E-state index in [1.807, 2.05) is 4.98 Å². The molecule has 0 aliphatic carbocycles. The summed E-state index contributed by atoms with van der Waals surface area (Å²) in [5.74, 6) is -0.476. The van der Waals surface area contributed by atoms with E-state index in [0.29, 0.717) is 10.7 Å². The zero-order chi connectivity index (χ0) is 21.0. The molecule has 0 atom stereocenters. The Bertz CT molecular complexity index is 1270. The Balaban J connectivity index is 1.69. The Morgan fingerprint density at radius 3 is 2.34 bits per heavy atom. The predicted octanol–water partition coefficient (Wildman–Crippen LogP) is 1.27. The molecule has 2 aromatic carbocycles. The van der Waals surface area contributed by atoms with E-state index in [0.717, 1.165) is 6.20 Å². The molecule has 1 heterocycles. The largest absolute Gasteiger partial charge is 0.325 e. The number of para-hydroxylation sites is 1. The first-order valence-electron chi connectivity index (χ1n) is 8.02. The van der Waals surface area contributed by atoms with Crippen molar-refractivity contribution in [1.82, 2.24) is 15.4 Å². The molecular formula is C17H14ClN5O5S. The molecule has 0 spiro atoms. The molecule has 3 aromatic rings. The second-order valence-corrected chi connectivity index (χ2v) is 7.74. The first kappa shape index (κ1) is 20.2. The molecule has 29 heavy (non-hydrogen) atoms. The first-order chi connectivity index (χ1) is 13.8. The van der Waals surface area contributed by atoms with Gasteiger partial charge in [-0.05, 0) is 36.4 Å². The fourth-order valence-corrected chi connectivity index (χ4v) is 3.50. The highest BCUT2D eigenvalue weighted by Gasteiger charge is 2.19. The van der Waals surface area contributed by atoms with Gasteiger partial charge in [-0.1, -0.05) is 23.7 Å². The van der Waals surface area contributed by atoms with E-state index in [1.54, 1.807) is 24.3 Å². The zero-order valence-corrected chi connectivity index (χ0v) is 16.1. The maximum Gasteiger partial charge on any atom is 0.325 e. The Morgan fingerprint density at radius 2 is 1.69 bits per heavy atom. The molecule has 5 N–H and O–H groups in total. The molecule has 1 aromatic heterocycles. The number of benzene rings is 2. The molecule has 0 saturated heterocycles. The quantitative estimate of drug-likeness (QED) is 0.367. The van der Waals surface area contributed by atoms with E-state index in [1.165, 1.54) is 24.3 Å². The summed E-state index contributed by atoms with van der Waals surface area (Å²) in [6.07, 6.45) is 0.797. The zero-order valence-electron chi connectivity index (χ0n) is 14.5. The third-order valence-electron chi connectivity index (χ3n) is 3.66. The fourth-order valence-electron chi connectivity index (χ4n) is 2.26. The normalized spacial score (nSPS) is 10.9. The number of hydrogen-bond acceptors (Lipinski definition) is 6. The van der Waals surface area contributed by atoms with Crippen molar-refractivity contribution in [3.8, 4) is 0 Å². The third-order valence-corrected chi connectivity index (χ3v) is 5.37. The Labute approximate surface area is 169 Å². The summed E-state index contributed by atoms with van der Waals surface area (Å²) in [5, 5.41) is 0.426. The number of carbonyl (C=O) groups is 1. The van der Waals surface area contributed by atoms with E-state index in [4.69, 9.17) is 11.6 Å². The van der Waals surface area contributed by atoms with Crippen LogP contribution >= 0.6 is 11.6 Å². The molecule has 0 radical (unpaired) electrons. The maximum absolute atomic E-state index is 12.3. The number of sulfonamides is 1. The van der Waals surface area contributed by atoms with Gasteiger partial charge in [0.25, 0.3) is 21.5 Å². The summed E-state index contributed by atoms with van der Waals surface area (Å²) in [5.41, 5.74) is 4.15. The van der Waals surface area contributed by atoms with Gasteiger partial charge in [0.2, 0.25) is 0 Å². The van der Waals surface area contributed by atoms with Crippen LogP contribution in [0.3, 0.4) is 0 Å². The summed E-state index contributed by atoms with van der Waals surface area (Å²) >= 11 is 5.98. The van der Waals surface area contributed by atoms with Crippen LogP contribution in [0.15, 0.2) is 69.2 Å². The molecule has 1 amide bonds. The standard InChI is InChI=1S/C17H14ClN5O5S/c18-12-3-1-2-4-13(12)21-22-15(24)10-5-7-11(8-6-10)23-29(27,28)14-9-19-17(26)20-16(14)25/h1-9,21,23H,(H,22,24)(H2,19,20,25,26). The molecule has 12 heteroatoms. The summed E-state index contributed by atoms with van der Waals surface area (Å²) in [6.45, 7) is 0. The average Bonchev–Trinajstić information content (AvgIpc) is 2.67. The van der Waals surface area contributed by atoms with E-state index in [2.05, 4.69) is 20.6 Å². The van der Waals surface area contributed by atoms with E-state index in [-0.39, 0.29) is 11.3 Å². The number of aromatic nitrogens is 2. The SMILES string of the molecule is O=C(NNc1ccccc1Cl)c1ccc(NS(=O)(=O)c2c[nH]c(=O)[nH]c2=O)cc1. The number of H-pyrrole nitrogens is 2. The molecule has 10 nitrogen and oxygen atoms in total. The highest BCUT2D eigenvalue weighted by molar-refractivity contribution is 7.92. The number of hydrazine groups is 1. The first-order valence-corrected chi connectivity index (χ1v) is 9.88. The van der Waals surface area contributed by atoms with Gasteiger partial charge in [-0.15, -0.1) is 0 Å². The number of halogens is 1. The van der Waals surface area contributed by atoms with Crippen LogP contribution in [0, 0.1) is 0 Å². The van der Waals surface area contributed by atoms with E-state index in [9.17, 15) is 22.8 Å². The number of amides is 1. The van der Waals surface area contributed by atoms with Crippen molar-refractivity contribution in [2.75, 3.05) is 10.1 Å². The number of aromatic amines is 2. The number of carbonyl (C=O) groups excluding carboxylic acids is 1. The molecule has 0 bridgehead atoms. The van der Waals surface area contributed by atoms with Gasteiger partial charge in [-0.2, -0.15) is 0 Å². The minimum absolute atomic E-state index is 0.117. The van der Waals surface area contributed by atoms with E-state index >= 15 is 0 Å². The molecule has 0 aliphatic rings. The van der Waals surface area contributed by atoms with Crippen molar-refractivity contribution in [1.29, 1.82) is 0 Å². The minimum Gasteiger partial charge on any atom is -0.313 e. The lowest BCUT2D eigenvalue weighted by Gasteiger charge is -2.11. The molecular weight excluding hydrogens is 422 g/mol. The van der Waals surface area contributed by atoms with Crippen molar-refractivity contribution in [3.05, 3.63) is 86.2 Å². The second kappa shape index (κ2) is 8.20. The highest BCUT2D eigenvalue weighted by atomic mass is 35.5. The van der Waals surface area contributed by atoms with Gasteiger partial charge in [-0.3, -0.25) is 30.1 Å². The highest BCUT2D eigenvalue weighted by Crippen LogP contribution is 2.19. The minimum atomic E-state index is -4.24. The lowest BCUT2D eigenvalue weighted by molar-refractivity contribution is 0.0962. The maximum atomic E-state index is 12.3. The molecule has 150 valence electrons. The summed E-state index contributed by atoms with van der Waals surface area (Å²) in [6, 6.07) is 12.3. The average molecular weight is 436 g/mol. The summed E-state index contributed by atoms with van der Waals surface area (Å²) in [4.78, 5) is 38.1. The predicted molar refractivity (Wildman–Crippen MR) is 107 cm³/mol. The van der Waals surface area contributed by atoms with Crippen LogP contribution in [0.2, 0.25) is 5.02 Å². The topological polar surface area (TPSA) is 153 Å². The van der Waals surface area contributed by atoms with Crippen molar-refractivity contribution in [2.24, 2.45) is 0 Å². The van der Waals surface area contributed by atoms with Gasteiger partial charge in [0.15, 0.2) is 4.90 Å². The van der Waals surface area contributed by atoms with Gasteiger partial charge in [0, 0.05) is 17.4 Å². The van der Waals surface area contributed by atoms with Crippen molar-refractivity contribution in [3.63, 3.8) is 0 Å². The summed E-state index contributed by atoms with van der Waals surface area (Å²) in [7, 11) is -4.24. The molecule has 0 fully saturated rings. The Hall–Kier alpha value is -3.57. The lowest BCUT2D eigenvalue weighted by Crippen LogP contribution is -2.30. The van der Waals surface area contributed by atoms with Crippen molar-refractivity contribution >= 4 is 38.9 Å². The summed E-state index contributed by atoms with van der Waals surface area (Å²) < 4.78 is 26.8. The van der Waals surface area contributed by atoms with Crippen molar-refractivity contribution in [2.45, 2.75) is 4.90 Å². The molecule has 0 unspecified atom stereocenters. The van der Waals surface area contributed by atoms with Crippen LogP contribution in [0.25, 0.3) is 0 Å². The molecule has 0 aliphatic heterocycles. The van der Waals surface area contributed by atoms with Crippen LogP contribution < -0.4 is 26.8 Å². The van der Waals surface area contributed by atoms with E-state index < -0.39 is 32.1 Å². The number of anilines is 2. The van der Waals surface area contributed by atoms with Crippen LogP contribution in [-0.4, -0.2) is 24.3 Å². The van der Waals surface area contributed by atoms with Gasteiger partial charge >= 0.3 is 5.69 Å². The van der Waals surface area contributed by atoms with Crippen molar-refractivity contribution < 1.29 is 13.2 Å². The third kappa shape index (κ3) is 4.83. The van der Waals surface area contributed by atoms with Crippen LogP contribution in [0.1, 0.15) is 10.4 Å². The molecule has 0 saturated carbocycles. The Kier molecular flexibility index (Phi) is 5.71. The monoisotopic (exact) mass is 435 g/mol. The smallest absolute Gasteiger partial charge is 0.313 e. The van der Waals surface area contributed by atoms with Crippen LogP contribution in [-0.2, 0) is 10.0 Å². The Morgan fingerprint density at radius 1 is 1.00 bits per heavy atom. The van der Waals surface area contributed by atoms with Gasteiger partial charge in [-0.25, -0.2) is 13.2 Å². The second-order valence-electron chi connectivity index (χ2n) is 5.68. The number of hydrogen-bond donors (Lipinski definition) is 5. The number of rotatable bonds is 6. The number of nitrogens with one attached hydrogen (secondary N) is 5. The fraction of sp³-hybridized carbons (Fsp3) is 0. The van der Waals surface area contributed by atoms with Crippen LogP contribution in [0.4, 0.5) is 11.4 Å².